The summed E-state index contributed by atoms with van der Waals surface area (Å²) in [5, 5.41) is 9.27. The maximum absolute atomic E-state index is 12.2. The molecule has 2 N–H and O–H groups in total. The van der Waals surface area contributed by atoms with Crippen molar-refractivity contribution in [3.8, 4) is 0 Å². The first kappa shape index (κ1) is 15.1. The van der Waals surface area contributed by atoms with E-state index in [0.717, 1.165) is 11.3 Å². The Morgan fingerprint density at radius 2 is 2.26 bits per heavy atom. The Labute approximate surface area is 124 Å². The molecule has 2 rings (SSSR count). The zero-order chi connectivity index (χ0) is 14.3. The molecule has 1 saturated heterocycles. The highest BCUT2D eigenvalue weighted by molar-refractivity contribution is 7.99. The standard InChI is InChI=1S/C10H12ClNO4S3/c1-6-4-7(18-8(6)11)19(15,16)12-10(9(13)14)2-3-17-5-10/h4,12H,2-3,5H2,1H3,(H,13,14). The Morgan fingerprint density at radius 3 is 2.68 bits per heavy atom. The van der Waals surface area contributed by atoms with E-state index in [-0.39, 0.29) is 16.4 Å². The van der Waals surface area contributed by atoms with Crippen LogP contribution in [0.15, 0.2) is 10.3 Å². The normalized spacial score (nSPS) is 23.7. The zero-order valence-corrected chi connectivity index (χ0v) is 13.2. The number of aliphatic carboxylic acids is 1. The van der Waals surface area contributed by atoms with E-state index < -0.39 is 21.5 Å². The van der Waals surface area contributed by atoms with Gasteiger partial charge in [-0.2, -0.15) is 16.5 Å². The fourth-order valence-corrected chi connectivity index (χ4v) is 6.24. The first-order valence-corrected chi connectivity index (χ1v) is 9.21. The van der Waals surface area contributed by atoms with Crippen molar-refractivity contribution >= 4 is 50.7 Å². The van der Waals surface area contributed by atoms with E-state index in [4.69, 9.17) is 11.6 Å². The van der Waals surface area contributed by atoms with Crippen LogP contribution in [-0.4, -0.2) is 36.5 Å². The van der Waals surface area contributed by atoms with Gasteiger partial charge in [0.2, 0.25) is 0 Å². The molecule has 1 aliphatic rings. The van der Waals surface area contributed by atoms with E-state index in [0.29, 0.717) is 15.7 Å². The molecule has 1 aromatic heterocycles. The summed E-state index contributed by atoms with van der Waals surface area (Å²) < 4.78 is 27.2. The second kappa shape index (κ2) is 5.25. The van der Waals surface area contributed by atoms with Crippen LogP contribution >= 0.6 is 34.7 Å². The lowest BCUT2D eigenvalue weighted by atomic mass is 10.0. The van der Waals surface area contributed by atoms with E-state index in [9.17, 15) is 18.3 Å². The number of aryl methyl sites for hydroxylation is 1. The van der Waals surface area contributed by atoms with Crippen LogP contribution in [0.25, 0.3) is 0 Å². The minimum absolute atomic E-state index is 0.0486. The molecule has 0 amide bonds. The van der Waals surface area contributed by atoms with Crippen LogP contribution in [-0.2, 0) is 14.8 Å². The van der Waals surface area contributed by atoms with Gasteiger partial charge in [-0.15, -0.1) is 11.3 Å². The molecular weight excluding hydrogens is 330 g/mol. The van der Waals surface area contributed by atoms with Crippen LogP contribution in [0, 0.1) is 6.92 Å². The number of rotatable bonds is 4. The van der Waals surface area contributed by atoms with Crippen molar-refractivity contribution in [2.24, 2.45) is 0 Å². The summed E-state index contributed by atoms with van der Waals surface area (Å²) in [6.45, 7) is 1.70. The van der Waals surface area contributed by atoms with Crippen LogP contribution in [0.2, 0.25) is 4.34 Å². The molecular formula is C10H12ClNO4S3. The van der Waals surface area contributed by atoms with Crippen molar-refractivity contribution in [2.45, 2.75) is 23.1 Å². The topological polar surface area (TPSA) is 83.5 Å². The summed E-state index contributed by atoms with van der Waals surface area (Å²) in [4.78, 5) is 11.3. The summed E-state index contributed by atoms with van der Waals surface area (Å²) >= 11 is 8.21. The molecule has 1 fully saturated rings. The largest absolute Gasteiger partial charge is 0.480 e. The molecule has 1 aromatic rings. The third-order valence-corrected chi connectivity index (χ3v) is 7.61. The number of halogens is 1. The Balaban J connectivity index is 2.33. The van der Waals surface area contributed by atoms with Crippen LogP contribution in [0.1, 0.15) is 12.0 Å². The third-order valence-electron chi connectivity index (χ3n) is 2.86. The number of hydrogen-bond donors (Lipinski definition) is 2. The Kier molecular flexibility index (Phi) is 4.18. The smallest absolute Gasteiger partial charge is 0.325 e. The van der Waals surface area contributed by atoms with Gasteiger partial charge in [0.25, 0.3) is 10.0 Å². The molecule has 0 saturated carbocycles. The van der Waals surface area contributed by atoms with Crippen molar-refractivity contribution in [1.29, 1.82) is 0 Å². The molecule has 0 spiro atoms. The van der Waals surface area contributed by atoms with Crippen LogP contribution in [0.4, 0.5) is 0 Å². The van der Waals surface area contributed by atoms with Crippen molar-refractivity contribution in [1.82, 2.24) is 4.72 Å². The van der Waals surface area contributed by atoms with Crippen LogP contribution < -0.4 is 4.72 Å². The zero-order valence-electron chi connectivity index (χ0n) is 9.97. The summed E-state index contributed by atoms with van der Waals surface area (Å²) in [6.07, 6.45) is 0.282. The van der Waals surface area contributed by atoms with Gasteiger partial charge in [-0.1, -0.05) is 11.6 Å². The lowest BCUT2D eigenvalue weighted by Crippen LogP contribution is -2.54. The van der Waals surface area contributed by atoms with Gasteiger partial charge in [-0.3, -0.25) is 4.79 Å². The van der Waals surface area contributed by atoms with Gasteiger partial charge in [-0.05, 0) is 30.7 Å². The number of carboxylic acids is 1. The molecule has 0 aromatic carbocycles. The highest BCUT2D eigenvalue weighted by Crippen LogP contribution is 2.33. The van der Waals surface area contributed by atoms with Crippen molar-refractivity contribution < 1.29 is 18.3 Å². The van der Waals surface area contributed by atoms with Crippen molar-refractivity contribution in [3.63, 3.8) is 0 Å². The number of carbonyl (C=O) groups is 1. The number of thiophene rings is 1. The van der Waals surface area contributed by atoms with Gasteiger partial charge >= 0.3 is 5.97 Å². The molecule has 106 valence electrons. The van der Waals surface area contributed by atoms with Gasteiger partial charge in [0.15, 0.2) is 0 Å². The summed E-state index contributed by atoms with van der Waals surface area (Å²) in [6, 6.07) is 1.45. The van der Waals surface area contributed by atoms with Crippen molar-refractivity contribution in [2.75, 3.05) is 11.5 Å². The van der Waals surface area contributed by atoms with E-state index >= 15 is 0 Å². The summed E-state index contributed by atoms with van der Waals surface area (Å²) in [7, 11) is -3.86. The van der Waals surface area contributed by atoms with Gasteiger partial charge in [0, 0.05) is 5.75 Å². The maximum atomic E-state index is 12.2. The Hall–Kier alpha value is -0.280. The summed E-state index contributed by atoms with van der Waals surface area (Å²) in [5.41, 5.74) is -0.745. The van der Waals surface area contributed by atoms with E-state index in [1.54, 1.807) is 6.92 Å². The highest BCUT2D eigenvalue weighted by Gasteiger charge is 2.45. The van der Waals surface area contributed by atoms with Crippen molar-refractivity contribution in [3.05, 3.63) is 16.0 Å². The molecule has 0 radical (unpaired) electrons. The number of thioether (sulfide) groups is 1. The van der Waals surface area contributed by atoms with Gasteiger partial charge in [0.05, 0.1) is 4.34 Å². The average Bonchev–Trinajstić information content (AvgIpc) is 2.88. The summed E-state index contributed by atoms with van der Waals surface area (Å²) in [5.74, 6) is -0.279. The molecule has 5 nitrogen and oxygen atoms in total. The fraction of sp³-hybridized carbons (Fsp3) is 0.500. The van der Waals surface area contributed by atoms with Gasteiger partial charge in [-0.25, -0.2) is 8.42 Å². The lowest BCUT2D eigenvalue weighted by molar-refractivity contribution is -0.142. The first-order chi connectivity index (χ1) is 8.77. The lowest BCUT2D eigenvalue weighted by Gasteiger charge is -2.23. The number of carboxylic acid groups (broad SMARTS) is 1. The maximum Gasteiger partial charge on any atom is 0.325 e. The fourth-order valence-electron chi connectivity index (χ4n) is 1.73. The van der Waals surface area contributed by atoms with E-state index in [1.807, 2.05) is 0 Å². The average molecular weight is 342 g/mol. The van der Waals surface area contributed by atoms with Crippen LogP contribution in [0.3, 0.4) is 0 Å². The minimum Gasteiger partial charge on any atom is -0.480 e. The molecule has 1 atom stereocenters. The minimum atomic E-state index is -3.86. The third kappa shape index (κ3) is 2.92. The SMILES string of the molecule is Cc1cc(S(=O)(=O)NC2(C(=O)O)CCSC2)sc1Cl. The van der Waals surface area contributed by atoms with Gasteiger partial charge in [0.1, 0.15) is 9.75 Å². The number of sulfonamides is 1. The molecule has 2 heterocycles. The van der Waals surface area contributed by atoms with Crippen LogP contribution in [0.5, 0.6) is 0 Å². The number of hydrogen-bond acceptors (Lipinski definition) is 5. The second-order valence-electron chi connectivity index (χ2n) is 4.32. The number of nitrogens with one attached hydrogen (secondary N) is 1. The van der Waals surface area contributed by atoms with Gasteiger partial charge < -0.3 is 5.11 Å². The first-order valence-electron chi connectivity index (χ1n) is 5.38. The molecule has 0 aliphatic carbocycles. The van der Waals surface area contributed by atoms with E-state index in [1.165, 1.54) is 17.8 Å². The quantitative estimate of drug-likeness (QED) is 0.874. The highest BCUT2D eigenvalue weighted by atomic mass is 35.5. The van der Waals surface area contributed by atoms with E-state index in [2.05, 4.69) is 4.72 Å². The molecule has 19 heavy (non-hydrogen) atoms. The molecule has 9 heteroatoms. The molecule has 0 bridgehead atoms. The monoisotopic (exact) mass is 341 g/mol. The predicted molar refractivity (Wildman–Crippen MR) is 76.7 cm³/mol. The molecule has 1 unspecified atom stereocenters. The second-order valence-corrected chi connectivity index (χ2v) is 8.99. The Morgan fingerprint density at radius 1 is 1.58 bits per heavy atom. The Bertz CT molecular complexity index is 585. The molecule has 1 aliphatic heterocycles. The predicted octanol–water partition coefficient (Wildman–Crippen LogP) is 1.95.